The van der Waals surface area contributed by atoms with Gasteiger partial charge in [-0.1, -0.05) is 0 Å². The standard InChI is InChI=1S/C13H20N4O/c1-16-9-10(8-15-16)13(18)17-7-3-5-12(17)11-4-2-6-14-11/h8-9,11-12,14H,2-7H2,1H3. The van der Waals surface area contributed by atoms with Crippen molar-refractivity contribution >= 4 is 5.91 Å². The highest BCUT2D eigenvalue weighted by Crippen LogP contribution is 2.26. The number of hydrogen-bond donors (Lipinski definition) is 1. The summed E-state index contributed by atoms with van der Waals surface area (Å²) >= 11 is 0. The zero-order valence-corrected chi connectivity index (χ0v) is 10.8. The SMILES string of the molecule is Cn1cc(C(=O)N2CCCC2C2CCCN2)cn1. The molecule has 0 aliphatic carbocycles. The molecule has 5 nitrogen and oxygen atoms in total. The smallest absolute Gasteiger partial charge is 0.257 e. The third-order valence-electron chi connectivity index (χ3n) is 4.07. The van der Waals surface area contributed by atoms with Crippen LogP contribution in [-0.2, 0) is 7.05 Å². The molecule has 3 rings (SSSR count). The van der Waals surface area contributed by atoms with Crippen LogP contribution in [0.3, 0.4) is 0 Å². The van der Waals surface area contributed by atoms with Crippen LogP contribution in [-0.4, -0.2) is 45.8 Å². The number of nitrogens with zero attached hydrogens (tertiary/aromatic N) is 3. The summed E-state index contributed by atoms with van der Waals surface area (Å²) in [5, 5.41) is 7.61. The van der Waals surface area contributed by atoms with E-state index in [9.17, 15) is 4.79 Å². The second-order valence-electron chi connectivity index (χ2n) is 5.31. The lowest BCUT2D eigenvalue weighted by Gasteiger charge is -2.29. The first-order chi connectivity index (χ1) is 8.75. The van der Waals surface area contributed by atoms with Gasteiger partial charge in [-0.2, -0.15) is 5.10 Å². The Morgan fingerprint density at radius 3 is 3.00 bits per heavy atom. The van der Waals surface area contributed by atoms with E-state index < -0.39 is 0 Å². The molecule has 1 aromatic rings. The fourth-order valence-electron chi connectivity index (χ4n) is 3.20. The van der Waals surface area contributed by atoms with Gasteiger partial charge in [-0.3, -0.25) is 9.48 Å². The molecule has 0 saturated carbocycles. The Bertz CT molecular complexity index is 436. The third kappa shape index (κ3) is 2.03. The number of likely N-dealkylation sites (tertiary alicyclic amines) is 1. The van der Waals surface area contributed by atoms with Gasteiger partial charge in [-0.25, -0.2) is 0 Å². The Morgan fingerprint density at radius 1 is 1.44 bits per heavy atom. The molecule has 1 aromatic heterocycles. The molecule has 2 saturated heterocycles. The van der Waals surface area contributed by atoms with Crippen molar-refractivity contribution in [1.29, 1.82) is 0 Å². The Balaban J connectivity index is 1.75. The van der Waals surface area contributed by atoms with E-state index in [0.717, 1.165) is 25.9 Å². The maximum Gasteiger partial charge on any atom is 0.257 e. The van der Waals surface area contributed by atoms with E-state index in [-0.39, 0.29) is 5.91 Å². The molecule has 18 heavy (non-hydrogen) atoms. The summed E-state index contributed by atoms with van der Waals surface area (Å²) in [6.45, 7) is 1.98. The minimum Gasteiger partial charge on any atom is -0.334 e. The number of amides is 1. The second kappa shape index (κ2) is 4.72. The lowest BCUT2D eigenvalue weighted by molar-refractivity contribution is 0.0711. The Hall–Kier alpha value is -1.36. The summed E-state index contributed by atoms with van der Waals surface area (Å²) in [6, 6.07) is 0.869. The van der Waals surface area contributed by atoms with Crippen molar-refractivity contribution in [3.05, 3.63) is 18.0 Å². The average molecular weight is 248 g/mol. The number of aromatic nitrogens is 2. The largest absolute Gasteiger partial charge is 0.334 e. The number of rotatable bonds is 2. The minimum absolute atomic E-state index is 0.138. The zero-order chi connectivity index (χ0) is 12.5. The molecule has 2 aliphatic rings. The topological polar surface area (TPSA) is 50.2 Å². The van der Waals surface area contributed by atoms with Gasteiger partial charge in [0.15, 0.2) is 0 Å². The zero-order valence-electron chi connectivity index (χ0n) is 10.8. The first kappa shape index (κ1) is 11.7. The molecule has 1 amide bonds. The van der Waals surface area contributed by atoms with Crippen LogP contribution in [0.1, 0.15) is 36.0 Å². The number of carbonyl (C=O) groups excluding carboxylic acids is 1. The van der Waals surface area contributed by atoms with Gasteiger partial charge in [0.1, 0.15) is 0 Å². The predicted molar refractivity (Wildman–Crippen MR) is 68.3 cm³/mol. The van der Waals surface area contributed by atoms with E-state index in [2.05, 4.69) is 10.4 Å². The van der Waals surface area contributed by atoms with E-state index in [1.165, 1.54) is 12.8 Å². The summed E-state index contributed by atoms with van der Waals surface area (Å²) < 4.78 is 1.69. The quantitative estimate of drug-likeness (QED) is 0.841. The highest BCUT2D eigenvalue weighted by atomic mass is 16.2. The van der Waals surface area contributed by atoms with Gasteiger partial charge >= 0.3 is 0 Å². The fourth-order valence-corrected chi connectivity index (χ4v) is 3.20. The highest BCUT2D eigenvalue weighted by molar-refractivity contribution is 5.94. The van der Waals surface area contributed by atoms with Gasteiger partial charge < -0.3 is 10.2 Å². The van der Waals surface area contributed by atoms with Gasteiger partial charge in [0.2, 0.25) is 0 Å². The van der Waals surface area contributed by atoms with E-state index >= 15 is 0 Å². The minimum atomic E-state index is 0.138. The van der Waals surface area contributed by atoms with Crippen LogP contribution in [0, 0.1) is 0 Å². The van der Waals surface area contributed by atoms with Crippen LogP contribution in [0.2, 0.25) is 0 Å². The molecule has 0 spiro atoms. The molecule has 0 bridgehead atoms. The molecular formula is C13H20N4O. The van der Waals surface area contributed by atoms with E-state index in [1.807, 2.05) is 11.9 Å². The summed E-state index contributed by atoms with van der Waals surface area (Å²) in [4.78, 5) is 14.5. The lowest BCUT2D eigenvalue weighted by Crippen LogP contribution is -2.46. The number of hydrogen-bond acceptors (Lipinski definition) is 3. The highest BCUT2D eigenvalue weighted by Gasteiger charge is 2.36. The molecule has 2 aliphatic heterocycles. The van der Waals surface area contributed by atoms with Gasteiger partial charge in [0, 0.05) is 31.9 Å². The summed E-state index contributed by atoms with van der Waals surface area (Å²) in [5.41, 5.74) is 0.711. The first-order valence-corrected chi connectivity index (χ1v) is 6.79. The molecular weight excluding hydrogens is 228 g/mol. The average Bonchev–Trinajstić information content (AvgIpc) is 3.08. The predicted octanol–water partition coefficient (Wildman–Crippen LogP) is 0.777. The van der Waals surface area contributed by atoms with Crippen molar-refractivity contribution < 1.29 is 4.79 Å². The van der Waals surface area contributed by atoms with E-state index in [0.29, 0.717) is 17.6 Å². The summed E-state index contributed by atoms with van der Waals surface area (Å²) in [5.74, 6) is 0.138. The van der Waals surface area contributed by atoms with E-state index in [4.69, 9.17) is 0 Å². The Kier molecular flexibility index (Phi) is 3.07. The molecule has 0 aromatic carbocycles. The number of nitrogens with one attached hydrogen (secondary N) is 1. The van der Waals surface area contributed by atoms with Crippen LogP contribution >= 0.6 is 0 Å². The van der Waals surface area contributed by atoms with Crippen molar-refractivity contribution in [3.8, 4) is 0 Å². The molecule has 98 valence electrons. The maximum atomic E-state index is 12.5. The summed E-state index contributed by atoms with van der Waals surface area (Å²) in [6.07, 6.45) is 8.15. The lowest BCUT2D eigenvalue weighted by atomic mass is 10.0. The van der Waals surface area contributed by atoms with Crippen molar-refractivity contribution in [3.63, 3.8) is 0 Å². The van der Waals surface area contributed by atoms with Crippen molar-refractivity contribution in [2.75, 3.05) is 13.1 Å². The molecule has 2 unspecified atom stereocenters. The normalized spacial score (nSPS) is 27.9. The van der Waals surface area contributed by atoms with Crippen LogP contribution < -0.4 is 5.32 Å². The Morgan fingerprint density at radius 2 is 2.33 bits per heavy atom. The molecule has 1 N–H and O–H groups in total. The monoisotopic (exact) mass is 248 g/mol. The van der Waals surface area contributed by atoms with Gasteiger partial charge in [0.05, 0.1) is 11.8 Å². The molecule has 2 fully saturated rings. The van der Waals surface area contributed by atoms with Gasteiger partial charge in [-0.05, 0) is 32.2 Å². The molecule has 3 heterocycles. The third-order valence-corrected chi connectivity index (χ3v) is 4.07. The van der Waals surface area contributed by atoms with Crippen LogP contribution in [0.25, 0.3) is 0 Å². The molecule has 2 atom stereocenters. The van der Waals surface area contributed by atoms with Crippen LogP contribution in [0.4, 0.5) is 0 Å². The van der Waals surface area contributed by atoms with Crippen molar-refractivity contribution in [1.82, 2.24) is 20.0 Å². The summed E-state index contributed by atoms with van der Waals surface area (Å²) in [7, 11) is 1.84. The molecule has 0 radical (unpaired) electrons. The van der Waals surface area contributed by atoms with Crippen LogP contribution in [0.5, 0.6) is 0 Å². The van der Waals surface area contributed by atoms with Crippen LogP contribution in [0.15, 0.2) is 12.4 Å². The van der Waals surface area contributed by atoms with Gasteiger partial charge in [-0.15, -0.1) is 0 Å². The fraction of sp³-hybridized carbons (Fsp3) is 0.692. The second-order valence-corrected chi connectivity index (χ2v) is 5.31. The number of carbonyl (C=O) groups is 1. The van der Waals surface area contributed by atoms with Crippen molar-refractivity contribution in [2.45, 2.75) is 37.8 Å². The van der Waals surface area contributed by atoms with Gasteiger partial charge in [0.25, 0.3) is 5.91 Å². The van der Waals surface area contributed by atoms with Crippen molar-refractivity contribution in [2.24, 2.45) is 7.05 Å². The molecule has 5 heteroatoms. The Labute approximate surface area is 107 Å². The number of aryl methyl sites for hydroxylation is 1. The first-order valence-electron chi connectivity index (χ1n) is 6.79. The maximum absolute atomic E-state index is 12.5. The van der Waals surface area contributed by atoms with E-state index in [1.54, 1.807) is 17.1 Å².